The highest BCUT2D eigenvalue weighted by molar-refractivity contribution is 5.66. The van der Waals surface area contributed by atoms with Gasteiger partial charge in [-0.1, -0.05) is 17.3 Å². The van der Waals surface area contributed by atoms with E-state index in [4.69, 9.17) is 9.26 Å². The van der Waals surface area contributed by atoms with Crippen LogP contribution in [0.1, 0.15) is 31.7 Å². The standard InChI is InChI=1S/C22H25N3O3/c1-15-6-3-4-11-25(15)20-10-9-17(12-18(20)14-27-2)22-23-21(24-28-22)16-7-5-8-19(26)13-16/h5,7-10,12-13,15,26H,3-4,6,11,14H2,1-2H3. The summed E-state index contributed by atoms with van der Waals surface area (Å²) >= 11 is 0. The third-order valence-electron chi connectivity index (χ3n) is 5.27. The number of nitrogens with zero attached hydrogens (tertiary/aromatic N) is 3. The molecule has 6 nitrogen and oxygen atoms in total. The van der Waals surface area contributed by atoms with Crippen LogP contribution in [0, 0.1) is 0 Å². The SMILES string of the molecule is COCc1cc(-c2nc(-c3cccc(O)c3)no2)ccc1N1CCCCC1C. The minimum absolute atomic E-state index is 0.172. The van der Waals surface area contributed by atoms with E-state index in [1.165, 1.54) is 24.9 Å². The minimum atomic E-state index is 0.172. The zero-order valence-electron chi connectivity index (χ0n) is 16.3. The fourth-order valence-electron chi connectivity index (χ4n) is 3.83. The van der Waals surface area contributed by atoms with E-state index in [1.54, 1.807) is 25.3 Å². The van der Waals surface area contributed by atoms with Gasteiger partial charge in [0, 0.05) is 42.1 Å². The van der Waals surface area contributed by atoms with Gasteiger partial charge >= 0.3 is 0 Å². The van der Waals surface area contributed by atoms with Crippen LogP contribution in [0.4, 0.5) is 5.69 Å². The van der Waals surface area contributed by atoms with Crippen molar-refractivity contribution in [2.45, 2.75) is 38.8 Å². The summed E-state index contributed by atoms with van der Waals surface area (Å²) < 4.78 is 10.9. The van der Waals surface area contributed by atoms with Gasteiger partial charge in [-0.3, -0.25) is 0 Å². The van der Waals surface area contributed by atoms with Crippen LogP contribution in [0.3, 0.4) is 0 Å². The van der Waals surface area contributed by atoms with E-state index in [0.29, 0.717) is 29.9 Å². The van der Waals surface area contributed by atoms with Gasteiger partial charge in [0.05, 0.1) is 6.61 Å². The van der Waals surface area contributed by atoms with Gasteiger partial charge < -0.3 is 19.3 Å². The second-order valence-corrected chi connectivity index (χ2v) is 7.29. The first-order valence-corrected chi connectivity index (χ1v) is 9.67. The maximum atomic E-state index is 9.66. The van der Waals surface area contributed by atoms with Crippen molar-refractivity contribution in [2.75, 3.05) is 18.6 Å². The molecule has 6 heteroatoms. The lowest BCUT2D eigenvalue weighted by molar-refractivity contribution is 0.185. The average molecular weight is 379 g/mol. The molecular weight excluding hydrogens is 354 g/mol. The molecule has 0 amide bonds. The molecule has 2 heterocycles. The Balaban J connectivity index is 1.66. The minimum Gasteiger partial charge on any atom is -0.508 e. The van der Waals surface area contributed by atoms with Crippen molar-refractivity contribution in [3.05, 3.63) is 48.0 Å². The zero-order chi connectivity index (χ0) is 19.5. The predicted molar refractivity (Wildman–Crippen MR) is 108 cm³/mol. The monoisotopic (exact) mass is 379 g/mol. The lowest BCUT2D eigenvalue weighted by Crippen LogP contribution is -2.38. The van der Waals surface area contributed by atoms with Gasteiger partial charge in [-0.05, 0) is 56.5 Å². The first-order valence-electron chi connectivity index (χ1n) is 9.67. The Morgan fingerprint density at radius 3 is 2.86 bits per heavy atom. The maximum Gasteiger partial charge on any atom is 0.258 e. The topological polar surface area (TPSA) is 71.6 Å². The van der Waals surface area contributed by atoms with Crippen LogP contribution in [0.15, 0.2) is 47.0 Å². The molecule has 2 aromatic carbocycles. The first kappa shape index (κ1) is 18.5. The highest BCUT2D eigenvalue weighted by atomic mass is 16.5. The van der Waals surface area contributed by atoms with E-state index in [2.05, 4.69) is 34.1 Å². The molecule has 28 heavy (non-hydrogen) atoms. The molecule has 3 aromatic rings. The first-order chi connectivity index (χ1) is 13.7. The number of aromatic hydroxyl groups is 1. The fraction of sp³-hybridized carbons (Fsp3) is 0.364. The number of ether oxygens (including phenoxy) is 1. The Kier molecular flexibility index (Phi) is 5.30. The number of benzene rings is 2. The van der Waals surface area contributed by atoms with E-state index >= 15 is 0 Å². The van der Waals surface area contributed by atoms with Crippen LogP contribution in [-0.2, 0) is 11.3 Å². The normalized spacial score (nSPS) is 17.1. The molecule has 146 valence electrons. The number of hydrogen-bond acceptors (Lipinski definition) is 6. The van der Waals surface area contributed by atoms with Crippen molar-refractivity contribution in [1.29, 1.82) is 0 Å². The average Bonchev–Trinajstić information content (AvgIpc) is 3.19. The smallest absolute Gasteiger partial charge is 0.258 e. The van der Waals surface area contributed by atoms with Gasteiger partial charge in [0.2, 0.25) is 5.82 Å². The highest BCUT2D eigenvalue weighted by Crippen LogP contribution is 2.32. The molecule has 0 saturated carbocycles. The molecular formula is C22H25N3O3. The summed E-state index contributed by atoms with van der Waals surface area (Å²) in [6, 6.07) is 13.6. The van der Waals surface area contributed by atoms with Gasteiger partial charge in [-0.25, -0.2) is 0 Å². The zero-order valence-corrected chi connectivity index (χ0v) is 16.3. The van der Waals surface area contributed by atoms with Crippen LogP contribution in [0.25, 0.3) is 22.8 Å². The summed E-state index contributed by atoms with van der Waals surface area (Å²) in [4.78, 5) is 6.97. The van der Waals surface area contributed by atoms with E-state index in [1.807, 2.05) is 12.1 Å². The summed E-state index contributed by atoms with van der Waals surface area (Å²) in [7, 11) is 1.71. The number of phenols is 1. The van der Waals surface area contributed by atoms with E-state index in [0.717, 1.165) is 17.7 Å². The van der Waals surface area contributed by atoms with Crippen LogP contribution >= 0.6 is 0 Å². The Labute approximate surface area is 164 Å². The lowest BCUT2D eigenvalue weighted by atomic mass is 10.00. The highest BCUT2D eigenvalue weighted by Gasteiger charge is 2.22. The van der Waals surface area contributed by atoms with Crippen LogP contribution in [-0.4, -0.2) is 34.9 Å². The molecule has 1 unspecified atom stereocenters. The summed E-state index contributed by atoms with van der Waals surface area (Å²) in [6.45, 7) is 3.88. The van der Waals surface area contributed by atoms with E-state index in [-0.39, 0.29) is 5.75 Å². The summed E-state index contributed by atoms with van der Waals surface area (Å²) in [5.74, 6) is 1.08. The third-order valence-corrected chi connectivity index (χ3v) is 5.27. The Bertz CT molecular complexity index is 954. The maximum absolute atomic E-state index is 9.66. The Hall–Kier alpha value is -2.86. The van der Waals surface area contributed by atoms with Gasteiger partial charge in [-0.2, -0.15) is 4.98 Å². The largest absolute Gasteiger partial charge is 0.508 e. The number of hydrogen-bond donors (Lipinski definition) is 1. The molecule has 1 N–H and O–H groups in total. The molecule has 1 fully saturated rings. The van der Waals surface area contributed by atoms with Gasteiger partial charge in [-0.15, -0.1) is 0 Å². The lowest BCUT2D eigenvalue weighted by Gasteiger charge is -2.36. The second kappa shape index (κ2) is 8.02. The molecule has 4 rings (SSSR count). The quantitative estimate of drug-likeness (QED) is 0.697. The molecule has 0 radical (unpaired) electrons. The third kappa shape index (κ3) is 3.73. The predicted octanol–water partition coefficient (Wildman–Crippen LogP) is 4.63. The molecule has 0 bridgehead atoms. The fourth-order valence-corrected chi connectivity index (χ4v) is 3.83. The summed E-state index contributed by atoms with van der Waals surface area (Å²) in [6.07, 6.45) is 3.72. The van der Waals surface area contributed by atoms with Crippen molar-refractivity contribution in [3.63, 3.8) is 0 Å². The number of methoxy groups -OCH3 is 1. The molecule has 1 atom stereocenters. The van der Waals surface area contributed by atoms with Crippen molar-refractivity contribution in [2.24, 2.45) is 0 Å². The number of aromatic nitrogens is 2. The van der Waals surface area contributed by atoms with Crippen LogP contribution in [0.2, 0.25) is 0 Å². The van der Waals surface area contributed by atoms with Gasteiger partial charge in [0.25, 0.3) is 5.89 Å². The van der Waals surface area contributed by atoms with E-state index in [9.17, 15) is 5.11 Å². The number of rotatable bonds is 5. The number of phenolic OH excluding ortho intramolecular Hbond substituents is 1. The van der Waals surface area contributed by atoms with Gasteiger partial charge in [0.15, 0.2) is 0 Å². The molecule has 1 aliphatic rings. The second-order valence-electron chi connectivity index (χ2n) is 7.29. The number of anilines is 1. The summed E-state index contributed by atoms with van der Waals surface area (Å²) in [5.41, 5.74) is 3.90. The van der Waals surface area contributed by atoms with Crippen LogP contribution < -0.4 is 4.90 Å². The number of piperidine rings is 1. The summed E-state index contributed by atoms with van der Waals surface area (Å²) in [5, 5.41) is 13.7. The molecule has 1 aliphatic heterocycles. The molecule has 0 spiro atoms. The van der Waals surface area contributed by atoms with Crippen LogP contribution in [0.5, 0.6) is 5.75 Å². The molecule has 1 aromatic heterocycles. The van der Waals surface area contributed by atoms with Crippen molar-refractivity contribution in [1.82, 2.24) is 10.1 Å². The van der Waals surface area contributed by atoms with Crippen molar-refractivity contribution < 1.29 is 14.4 Å². The molecule has 1 saturated heterocycles. The Morgan fingerprint density at radius 1 is 1.18 bits per heavy atom. The van der Waals surface area contributed by atoms with Gasteiger partial charge in [0.1, 0.15) is 5.75 Å². The van der Waals surface area contributed by atoms with Crippen molar-refractivity contribution >= 4 is 5.69 Å². The van der Waals surface area contributed by atoms with Crippen molar-refractivity contribution in [3.8, 4) is 28.6 Å². The van der Waals surface area contributed by atoms with E-state index < -0.39 is 0 Å². The Morgan fingerprint density at radius 2 is 2.07 bits per heavy atom. The molecule has 0 aliphatic carbocycles.